The summed E-state index contributed by atoms with van der Waals surface area (Å²) >= 11 is 0. The molecule has 120 valence electrons. The van der Waals surface area contributed by atoms with E-state index in [1.165, 1.54) is 4.90 Å². The summed E-state index contributed by atoms with van der Waals surface area (Å²) in [7, 11) is 0. The van der Waals surface area contributed by atoms with Crippen molar-refractivity contribution in [2.75, 3.05) is 37.6 Å². The van der Waals surface area contributed by atoms with Gasteiger partial charge >= 0.3 is 12.1 Å². The molecule has 0 saturated carbocycles. The van der Waals surface area contributed by atoms with Crippen molar-refractivity contribution in [3.8, 4) is 0 Å². The number of benzene rings is 1. The number of hydrogen-bond acceptors (Lipinski definition) is 3. The van der Waals surface area contributed by atoms with Crippen molar-refractivity contribution in [3.05, 3.63) is 30.3 Å². The maximum absolute atomic E-state index is 12.0. The zero-order valence-corrected chi connectivity index (χ0v) is 11.8. The third-order valence-corrected chi connectivity index (χ3v) is 3.41. The van der Waals surface area contributed by atoms with Crippen LogP contribution >= 0.6 is 0 Å². The fourth-order valence-corrected chi connectivity index (χ4v) is 2.22. The predicted octanol–water partition coefficient (Wildman–Crippen LogP) is 1.01. The Morgan fingerprint density at radius 2 is 1.64 bits per heavy atom. The van der Waals surface area contributed by atoms with Crippen LogP contribution < -0.4 is 10.2 Å². The summed E-state index contributed by atoms with van der Waals surface area (Å²) in [6, 6.07) is 9.66. The first-order valence-corrected chi connectivity index (χ1v) is 6.81. The van der Waals surface area contributed by atoms with Crippen LogP contribution in [0.5, 0.6) is 0 Å². The maximum Gasteiger partial charge on any atom is 0.471 e. The molecule has 2 amide bonds. The van der Waals surface area contributed by atoms with Gasteiger partial charge < -0.3 is 15.1 Å². The molecule has 0 aliphatic carbocycles. The minimum absolute atomic E-state index is 0.412. The van der Waals surface area contributed by atoms with Gasteiger partial charge in [-0.3, -0.25) is 9.59 Å². The summed E-state index contributed by atoms with van der Waals surface area (Å²) in [4.78, 5) is 26.0. The van der Waals surface area contributed by atoms with Crippen molar-refractivity contribution in [2.24, 2.45) is 0 Å². The van der Waals surface area contributed by atoms with Gasteiger partial charge in [0.2, 0.25) is 5.91 Å². The second-order valence-electron chi connectivity index (χ2n) is 4.88. The Labute approximate surface area is 125 Å². The van der Waals surface area contributed by atoms with Crippen LogP contribution in [0.1, 0.15) is 0 Å². The van der Waals surface area contributed by atoms with Gasteiger partial charge in [-0.2, -0.15) is 13.2 Å². The van der Waals surface area contributed by atoms with Gasteiger partial charge in [-0.15, -0.1) is 0 Å². The Balaban J connectivity index is 1.79. The van der Waals surface area contributed by atoms with E-state index in [9.17, 15) is 22.8 Å². The largest absolute Gasteiger partial charge is 0.471 e. The highest BCUT2D eigenvalue weighted by Crippen LogP contribution is 2.16. The molecule has 1 aromatic carbocycles. The lowest BCUT2D eigenvalue weighted by Crippen LogP contribution is -2.52. The van der Waals surface area contributed by atoms with E-state index in [2.05, 4.69) is 4.90 Å². The number of alkyl halides is 3. The quantitative estimate of drug-likeness (QED) is 0.906. The Bertz CT molecular complexity index is 526. The van der Waals surface area contributed by atoms with Crippen molar-refractivity contribution in [1.82, 2.24) is 10.2 Å². The molecule has 5 nitrogen and oxygen atoms in total. The van der Waals surface area contributed by atoms with Crippen LogP contribution in [0.15, 0.2) is 30.3 Å². The fraction of sp³-hybridized carbons (Fsp3) is 0.429. The Morgan fingerprint density at radius 1 is 1.05 bits per heavy atom. The van der Waals surface area contributed by atoms with Gasteiger partial charge in [-0.05, 0) is 12.1 Å². The van der Waals surface area contributed by atoms with Gasteiger partial charge in [0.1, 0.15) is 0 Å². The molecule has 1 saturated heterocycles. The van der Waals surface area contributed by atoms with Crippen LogP contribution in [-0.4, -0.2) is 55.6 Å². The number of anilines is 1. The molecule has 1 fully saturated rings. The average Bonchev–Trinajstić information content (AvgIpc) is 2.52. The highest BCUT2D eigenvalue weighted by molar-refractivity contribution is 5.87. The van der Waals surface area contributed by atoms with Crippen molar-refractivity contribution < 1.29 is 22.8 Å². The number of piperazine rings is 1. The van der Waals surface area contributed by atoms with Crippen LogP contribution in [0.4, 0.5) is 18.9 Å². The van der Waals surface area contributed by atoms with E-state index >= 15 is 0 Å². The normalized spacial score (nSPS) is 15.6. The van der Waals surface area contributed by atoms with E-state index in [1.54, 1.807) is 5.32 Å². The number of para-hydroxylation sites is 1. The van der Waals surface area contributed by atoms with Crippen LogP contribution in [0.25, 0.3) is 0 Å². The zero-order valence-electron chi connectivity index (χ0n) is 11.8. The zero-order chi connectivity index (χ0) is 16.2. The molecular weight excluding hydrogens is 299 g/mol. The number of hydrogen-bond donors (Lipinski definition) is 1. The molecule has 1 aliphatic heterocycles. The minimum Gasteiger partial charge on any atom is -0.368 e. The lowest BCUT2D eigenvalue weighted by Gasteiger charge is -2.36. The van der Waals surface area contributed by atoms with Crippen LogP contribution in [-0.2, 0) is 9.59 Å². The van der Waals surface area contributed by atoms with E-state index in [-0.39, 0.29) is 0 Å². The van der Waals surface area contributed by atoms with E-state index in [1.807, 2.05) is 30.3 Å². The topological polar surface area (TPSA) is 52.7 Å². The van der Waals surface area contributed by atoms with Crippen LogP contribution in [0.2, 0.25) is 0 Å². The second kappa shape index (κ2) is 6.67. The van der Waals surface area contributed by atoms with Gasteiger partial charge in [0.15, 0.2) is 0 Å². The lowest BCUT2D eigenvalue weighted by molar-refractivity contribution is -0.174. The average molecular weight is 315 g/mol. The SMILES string of the molecule is O=C(CNC(=O)C(F)(F)F)N1CCN(c2ccccc2)CC1. The van der Waals surface area contributed by atoms with E-state index in [4.69, 9.17) is 0 Å². The third-order valence-electron chi connectivity index (χ3n) is 3.41. The highest BCUT2D eigenvalue weighted by atomic mass is 19.4. The number of halogens is 3. The van der Waals surface area contributed by atoms with Crippen LogP contribution in [0, 0.1) is 0 Å². The van der Waals surface area contributed by atoms with Crippen molar-refractivity contribution in [3.63, 3.8) is 0 Å². The van der Waals surface area contributed by atoms with Gasteiger partial charge in [-0.1, -0.05) is 18.2 Å². The van der Waals surface area contributed by atoms with Gasteiger partial charge in [0.05, 0.1) is 6.54 Å². The third kappa shape index (κ3) is 4.12. The fourth-order valence-electron chi connectivity index (χ4n) is 2.22. The summed E-state index contributed by atoms with van der Waals surface area (Å²) in [5.41, 5.74) is 1.04. The molecule has 1 aliphatic rings. The lowest BCUT2D eigenvalue weighted by atomic mass is 10.2. The smallest absolute Gasteiger partial charge is 0.368 e. The Kier molecular flexibility index (Phi) is 4.89. The minimum atomic E-state index is -4.97. The first kappa shape index (κ1) is 16.1. The number of rotatable bonds is 3. The van der Waals surface area contributed by atoms with Crippen molar-refractivity contribution in [1.29, 1.82) is 0 Å². The summed E-state index contributed by atoms with van der Waals surface area (Å²) in [5, 5.41) is 1.59. The van der Waals surface area contributed by atoms with Crippen molar-refractivity contribution in [2.45, 2.75) is 6.18 Å². The Morgan fingerprint density at radius 3 is 2.18 bits per heavy atom. The van der Waals surface area contributed by atoms with E-state index < -0.39 is 24.5 Å². The van der Waals surface area contributed by atoms with Gasteiger partial charge in [-0.25, -0.2) is 0 Å². The molecule has 22 heavy (non-hydrogen) atoms. The molecule has 2 rings (SSSR count). The van der Waals surface area contributed by atoms with Crippen molar-refractivity contribution >= 4 is 17.5 Å². The summed E-state index contributed by atoms with van der Waals surface area (Å²) in [6.45, 7) is 1.39. The molecule has 0 spiro atoms. The second-order valence-corrected chi connectivity index (χ2v) is 4.88. The number of amides is 2. The van der Waals surface area contributed by atoms with Gasteiger partial charge in [0, 0.05) is 31.9 Å². The molecule has 0 unspecified atom stereocenters. The standard InChI is InChI=1S/C14H16F3N3O2/c15-14(16,17)13(22)18-10-12(21)20-8-6-19(7-9-20)11-4-2-1-3-5-11/h1-5H,6-10H2,(H,18,22). The monoisotopic (exact) mass is 315 g/mol. The molecular formula is C14H16F3N3O2. The molecule has 0 bridgehead atoms. The maximum atomic E-state index is 12.0. The Hall–Kier alpha value is -2.25. The summed E-state index contributed by atoms with van der Waals surface area (Å²) in [6.07, 6.45) is -4.97. The summed E-state index contributed by atoms with van der Waals surface area (Å²) in [5.74, 6) is -2.60. The molecule has 0 radical (unpaired) electrons. The molecule has 1 heterocycles. The molecule has 1 N–H and O–H groups in total. The van der Waals surface area contributed by atoms with E-state index in [0.29, 0.717) is 26.2 Å². The number of carbonyl (C=O) groups excluding carboxylic acids is 2. The number of nitrogens with one attached hydrogen (secondary N) is 1. The molecule has 0 atom stereocenters. The van der Waals surface area contributed by atoms with Gasteiger partial charge in [0.25, 0.3) is 0 Å². The number of nitrogens with zero attached hydrogens (tertiary/aromatic N) is 2. The van der Waals surface area contributed by atoms with Crippen LogP contribution in [0.3, 0.4) is 0 Å². The number of carbonyl (C=O) groups is 2. The van der Waals surface area contributed by atoms with E-state index in [0.717, 1.165) is 5.69 Å². The first-order valence-electron chi connectivity index (χ1n) is 6.81. The molecule has 8 heteroatoms. The highest BCUT2D eigenvalue weighted by Gasteiger charge is 2.38. The first-order chi connectivity index (χ1) is 10.4. The predicted molar refractivity (Wildman–Crippen MR) is 74.3 cm³/mol. The summed E-state index contributed by atoms with van der Waals surface area (Å²) < 4.78 is 36.1. The molecule has 0 aromatic heterocycles. The molecule has 1 aromatic rings.